The van der Waals surface area contributed by atoms with E-state index in [1.807, 2.05) is 18.2 Å². The highest BCUT2D eigenvalue weighted by Gasteiger charge is 2.43. The van der Waals surface area contributed by atoms with Gasteiger partial charge in [0.2, 0.25) is 5.75 Å². The van der Waals surface area contributed by atoms with Gasteiger partial charge in [-0.25, -0.2) is 0 Å². The van der Waals surface area contributed by atoms with E-state index in [0.717, 1.165) is 47.4 Å². The lowest BCUT2D eigenvalue weighted by Gasteiger charge is -2.48. The van der Waals surface area contributed by atoms with Gasteiger partial charge in [-0.2, -0.15) is 0 Å². The van der Waals surface area contributed by atoms with E-state index in [1.54, 1.807) is 35.5 Å². The first-order chi connectivity index (χ1) is 16.0. The van der Waals surface area contributed by atoms with Crippen molar-refractivity contribution in [2.75, 3.05) is 61.8 Å². The molecule has 0 aliphatic carbocycles. The molecule has 7 nitrogen and oxygen atoms in total. The van der Waals surface area contributed by atoms with Crippen molar-refractivity contribution in [2.24, 2.45) is 0 Å². The van der Waals surface area contributed by atoms with Gasteiger partial charge in [0.25, 0.3) is 0 Å². The lowest BCUT2D eigenvalue weighted by Crippen LogP contribution is -2.55. The molecule has 33 heavy (non-hydrogen) atoms. The summed E-state index contributed by atoms with van der Waals surface area (Å²) < 4.78 is 28.9. The fourth-order valence-corrected chi connectivity index (χ4v) is 5.10. The zero-order chi connectivity index (χ0) is 24.0. The predicted molar refractivity (Wildman–Crippen MR) is 128 cm³/mol. The average molecular weight is 459 g/mol. The Bertz CT molecular complexity index is 950. The second-order valence-corrected chi connectivity index (χ2v) is 8.23. The fourth-order valence-electron chi connectivity index (χ4n) is 5.10. The van der Waals surface area contributed by atoms with Gasteiger partial charge in [-0.1, -0.05) is 6.58 Å². The number of nitrogens with zero attached hydrogens (tertiary/aromatic N) is 1. The minimum absolute atomic E-state index is 0.0492. The smallest absolute Gasteiger partial charge is 0.203 e. The molecule has 1 aliphatic rings. The minimum Gasteiger partial charge on any atom is -0.493 e. The maximum Gasteiger partial charge on any atom is 0.203 e. The van der Waals surface area contributed by atoms with Gasteiger partial charge in [0, 0.05) is 30.6 Å². The molecular formula is C26H36NO6+. The van der Waals surface area contributed by atoms with E-state index < -0.39 is 0 Å². The number of hydrogen-bond donors (Lipinski definition) is 1. The molecule has 0 bridgehead atoms. The molecule has 0 radical (unpaired) electrons. The van der Waals surface area contributed by atoms with Crippen LogP contribution in [0.2, 0.25) is 0 Å². The van der Waals surface area contributed by atoms with E-state index in [2.05, 4.69) is 18.7 Å². The van der Waals surface area contributed by atoms with Gasteiger partial charge in [-0.05, 0) is 35.9 Å². The third-order valence-corrected chi connectivity index (χ3v) is 6.57. The molecule has 0 fully saturated rings. The zero-order valence-electron chi connectivity index (χ0n) is 20.3. The van der Waals surface area contributed by atoms with Gasteiger partial charge in [0.15, 0.2) is 23.0 Å². The van der Waals surface area contributed by atoms with Crippen molar-refractivity contribution in [3.63, 3.8) is 0 Å². The summed E-state index contributed by atoms with van der Waals surface area (Å²) in [7, 11) is 8.16. The van der Waals surface area contributed by atoms with E-state index in [-0.39, 0.29) is 12.6 Å². The van der Waals surface area contributed by atoms with E-state index in [1.165, 1.54) is 5.56 Å². The van der Waals surface area contributed by atoms with E-state index in [0.29, 0.717) is 29.4 Å². The Hall–Kier alpha value is -2.90. The standard InChI is InChI=1S/C26H36NO6/c1-7-10-27(11-8-13-28)12-9-18-14-21(29-2)22(30-3)17-20(18)25(27)19-15-23(31-4)26(33-6)24(16-19)32-5/h7,14-17,25,28H,1,8-13H2,2-6H3/q+1/t25-,27?/m0/s1. The zero-order valence-corrected chi connectivity index (χ0v) is 20.3. The van der Waals surface area contributed by atoms with Gasteiger partial charge >= 0.3 is 0 Å². The number of quaternary nitrogens is 1. The Morgan fingerprint density at radius 3 is 2.03 bits per heavy atom. The van der Waals surface area contributed by atoms with Gasteiger partial charge in [0.05, 0.1) is 55.2 Å². The van der Waals surface area contributed by atoms with Crippen molar-refractivity contribution < 1.29 is 33.3 Å². The van der Waals surface area contributed by atoms with Crippen LogP contribution in [0.15, 0.2) is 36.9 Å². The molecule has 2 aromatic carbocycles. The highest BCUT2D eigenvalue weighted by molar-refractivity contribution is 5.57. The molecule has 7 heteroatoms. The molecule has 1 unspecified atom stereocenters. The maximum atomic E-state index is 9.69. The van der Waals surface area contributed by atoms with Crippen LogP contribution in [0.4, 0.5) is 0 Å². The Kier molecular flexibility index (Phi) is 8.10. The second-order valence-electron chi connectivity index (χ2n) is 8.23. The lowest BCUT2D eigenvalue weighted by atomic mass is 9.84. The Labute approximate surface area is 196 Å². The van der Waals surface area contributed by atoms with Crippen molar-refractivity contribution in [1.29, 1.82) is 0 Å². The number of benzene rings is 2. The molecule has 1 aliphatic heterocycles. The quantitative estimate of drug-likeness (QED) is 0.409. The Balaban J connectivity index is 2.32. The van der Waals surface area contributed by atoms with Crippen LogP contribution in [0, 0.1) is 0 Å². The molecule has 0 amide bonds. The Morgan fingerprint density at radius 2 is 1.52 bits per heavy atom. The average Bonchev–Trinajstić information content (AvgIpc) is 2.85. The third kappa shape index (κ3) is 4.61. The Morgan fingerprint density at radius 1 is 0.909 bits per heavy atom. The summed E-state index contributed by atoms with van der Waals surface area (Å²) in [5, 5.41) is 9.69. The summed E-state index contributed by atoms with van der Waals surface area (Å²) >= 11 is 0. The largest absolute Gasteiger partial charge is 0.493 e. The topological polar surface area (TPSA) is 66.4 Å². The van der Waals surface area contributed by atoms with Crippen molar-refractivity contribution in [1.82, 2.24) is 0 Å². The van der Waals surface area contributed by atoms with Crippen LogP contribution in [0.25, 0.3) is 0 Å². The highest BCUT2D eigenvalue weighted by Crippen LogP contribution is 2.48. The van der Waals surface area contributed by atoms with Crippen LogP contribution < -0.4 is 23.7 Å². The van der Waals surface area contributed by atoms with Crippen LogP contribution in [0.5, 0.6) is 28.7 Å². The number of hydrogen-bond acceptors (Lipinski definition) is 6. The molecule has 0 aromatic heterocycles. The van der Waals surface area contributed by atoms with Crippen molar-refractivity contribution in [2.45, 2.75) is 18.9 Å². The van der Waals surface area contributed by atoms with Gasteiger partial charge < -0.3 is 33.3 Å². The molecule has 3 rings (SSSR count). The molecule has 1 heterocycles. The maximum absolute atomic E-state index is 9.69. The second kappa shape index (κ2) is 10.8. The normalized spacial score (nSPS) is 19.4. The molecule has 2 aromatic rings. The molecule has 0 saturated heterocycles. The fraction of sp³-hybridized carbons (Fsp3) is 0.462. The van der Waals surface area contributed by atoms with E-state index >= 15 is 0 Å². The summed E-state index contributed by atoms with van der Waals surface area (Å²) in [6.07, 6.45) is 3.54. The van der Waals surface area contributed by atoms with Crippen LogP contribution in [0.1, 0.15) is 29.2 Å². The predicted octanol–water partition coefficient (Wildman–Crippen LogP) is 3.76. The van der Waals surface area contributed by atoms with Gasteiger partial charge in [-0.15, -0.1) is 0 Å². The minimum atomic E-state index is -0.0492. The highest BCUT2D eigenvalue weighted by atomic mass is 16.5. The van der Waals surface area contributed by atoms with E-state index in [9.17, 15) is 5.11 Å². The molecular weight excluding hydrogens is 422 g/mol. The monoisotopic (exact) mass is 458 g/mol. The molecule has 1 N–H and O–H groups in total. The third-order valence-electron chi connectivity index (χ3n) is 6.57. The first-order valence-electron chi connectivity index (χ1n) is 11.1. The van der Waals surface area contributed by atoms with E-state index in [4.69, 9.17) is 23.7 Å². The molecule has 0 saturated carbocycles. The van der Waals surface area contributed by atoms with Crippen molar-refractivity contribution >= 4 is 0 Å². The van der Waals surface area contributed by atoms with Crippen LogP contribution in [-0.2, 0) is 6.42 Å². The van der Waals surface area contributed by atoms with Crippen LogP contribution in [0.3, 0.4) is 0 Å². The van der Waals surface area contributed by atoms with Crippen LogP contribution >= 0.6 is 0 Å². The number of fused-ring (bicyclic) bond motifs is 1. The van der Waals surface area contributed by atoms with Crippen molar-refractivity contribution in [3.8, 4) is 28.7 Å². The first kappa shape index (κ1) is 24.7. The number of aliphatic hydroxyl groups excluding tert-OH is 1. The van der Waals surface area contributed by atoms with Crippen molar-refractivity contribution in [3.05, 3.63) is 53.6 Å². The number of ether oxygens (including phenoxy) is 5. The molecule has 2 atom stereocenters. The number of rotatable bonds is 11. The first-order valence-corrected chi connectivity index (χ1v) is 11.1. The lowest BCUT2D eigenvalue weighted by molar-refractivity contribution is -0.948. The van der Waals surface area contributed by atoms with Gasteiger partial charge in [-0.3, -0.25) is 0 Å². The summed E-state index contributed by atoms with van der Waals surface area (Å²) in [5.74, 6) is 3.19. The number of aliphatic hydroxyl groups is 1. The molecule has 0 spiro atoms. The summed E-state index contributed by atoms with van der Waals surface area (Å²) in [6, 6.07) is 8.15. The SMILES string of the molecule is C=CC[N+]1(CCCO)CCc2cc(OC)c(OC)cc2[C@@H]1c1cc(OC)c(OC)c(OC)c1. The van der Waals surface area contributed by atoms with Gasteiger partial charge in [0.1, 0.15) is 6.04 Å². The number of methoxy groups -OCH3 is 5. The summed E-state index contributed by atoms with van der Waals surface area (Å²) in [6.45, 7) is 6.65. The summed E-state index contributed by atoms with van der Waals surface area (Å²) in [4.78, 5) is 0. The summed E-state index contributed by atoms with van der Waals surface area (Å²) in [5.41, 5.74) is 3.42. The molecule has 180 valence electrons. The van der Waals surface area contributed by atoms with Crippen LogP contribution in [-0.4, -0.2) is 71.4 Å².